The number of para-hydroxylation sites is 3. The van der Waals surface area contributed by atoms with Crippen LogP contribution in [-0.4, -0.2) is 19.9 Å². The first-order valence-corrected chi connectivity index (χ1v) is 6.98. The van der Waals surface area contributed by atoms with Crippen molar-refractivity contribution >= 4 is 22.7 Å². The molecule has 2 heterocycles. The first-order valence-electron chi connectivity index (χ1n) is 6.98. The summed E-state index contributed by atoms with van der Waals surface area (Å²) in [5.74, 6) is 1.33. The van der Waals surface area contributed by atoms with Crippen LogP contribution in [0.1, 0.15) is 0 Å². The van der Waals surface area contributed by atoms with Crippen LogP contribution in [0.4, 0.5) is 11.6 Å². The largest absolute Gasteiger partial charge is 0.338 e. The molecule has 0 saturated carbocycles. The van der Waals surface area contributed by atoms with Crippen LogP contribution in [0.5, 0.6) is 0 Å². The Hall–Kier alpha value is -3.21. The van der Waals surface area contributed by atoms with Crippen LogP contribution in [-0.2, 0) is 0 Å². The zero-order valence-corrected chi connectivity index (χ0v) is 11.7. The number of anilines is 2. The lowest BCUT2D eigenvalue weighted by Gasteiger charge is -2.04. The van der Waals surface area contributed by atoms with Crippen molar-refractivity contribution in [2.45, 2.75) is 0 Å². The molecule has 0 aliphatic rings. The molecule has 0 aliphatic heterocycles. The van der Waals surface area contributed by atoms with Crippen molar-refractivity contribution in [3.05, 3.63) is 67.0 Å². The van der Waals surface area contributed by atoms with Gasteiger partial charge in [-0.25, -0.2) is 15.0 Å². The topological polar surface area (TPSA) is 66.5 Å². The van der Waals surface area contributed by atoms with Crippen molar-refractivity contribution in [2.75, 3.05) is 5.32 Å². The molecule has 2 aromatic heterocycles. The van der Waals surface area contributed by atoms with Gasteiger partial charge in [-0.15, -0.1) is 0 Å². The van der Waals surface area contributed by atoms with E-state index >= 15 is 0 Å². The van der Waals surface area contributed by atoms with Gasteiger partial charge in [-0.05, 0) is 24.3 Å². The average molecular weight is 287 g/mol. The highest BCUT2D eigenvalue weighted by Gasteiger charge is 2.06. The van der Waals surface area contributed by atoms with E-state index in [1.807, 2.05) is 54.6 Å². The zero-order chi connectivity index (χ0) is 14.8. The van der Waals surface area contributed by atoms with Crippen molar-refractivity contribution in [1.82, 2.24) is 19.9 Å². The van der Waals surface area contributed by atoms with Crippen molar-refractivity contribution in [3.63, 3.8) is 0 Å². The monoisotopic (exact) mass is 287 g/mol. The van der Waals surface area contributed by atoms with E-state index in [9.17, 15) is 0 Å². The number of hydrogen-bond donors (Lipinski definition) is 2. The van der Waals surface area contributed by atoms with Gasteiger partial charge in [0.15, 0.2) is 0 Å². The normalized spacial score (nSPS) is 10.7. The number of hydrogen-bond acceptors (Lipinski definition) is 4. The Kier molecular flexibility index (Phi) is 3.01. The van der Waals surface area contributed by atoms with Gasteiger partial charge in [0.1, 0.15) is 5.82 Å². The Labute approximate surface area is 127 Å². The van der Waals surface area contributed by atoms with Crippen molar-refractivity contribution in [3.8, 4) is 11.4 Å². The van der Waals surface area contributed by atoms with Crippen LogP contribution in [0.2, 0.25) is 0 Å². The summed E-state index contributed by atoms with van der Waals surface area (Å²) in [6, 6.07) is 17.8. The second-order valence-electron chi connectivity index (χ2n) is 4.89. The lowest BCUT2D eigenvalue weighted by atomic mass is 10.3. The quantitative estimate of drug-likeness (QED) is 0.602. The van der Waals surface area contributed by atoms with Gasteiger partial charge in [-0.3, -0.25) is 0 Å². The smallest absolute Gasteiger partial charge is 0.227 e. The first-order chi connectivity index (χ1) is 10.9. The Bertz CT molecular complexity index is 864. The van der Waals surface area contributed by atoms with Gasteiger partial charge < -0.3 is 10.3 Å². The number of imidazole rings is 1. The number of rotatable bonds is 3. The van der Waals surface area contributed by atoms with E-state index in [1.165, 1.54) is 0 Å². The Morgan fingerprint density at radius 3 is 2.32 bits per heavy atom. The fourth-order valence-electron chi connectivity index (χ4n) is 2.25. The summed E-state index contributed by atoms with van der Waals surface area (Å²) in [5, 5.41) is 3.16. The first kappa shape index (κ1) is 12.5. The van der Waals surface area contributed by atoms with E-state index in [2.05, 4.69) is 25.3 Å². The third-order valence-electron chi connectivity index (χ3n) is 3.34. The van der Waals surface area contributed by atoms with Crippen LogP contribution >= 0.6 is 0 Å². The van der Waals surface area contributed by atoms with Gasteiger partial charge in [-0.2, -0.15) is 0 Å². The van der Waals surface area contributed by atoms with Crippen molar-refractivity contribution in [1.29, 1.82) is 0 Å². The SMILES string of the molecule is c1ccc(Nc2ncc(-c3nc4ccccc4[nH]3)cn2)cc1. The maximum atomic E-state index is 4.54. The van der Waals surface area contributed by atoms with E-state index in [1.54, 1.807) is 12.4 Å². The van der Waals surface area contributed by atoms with E-state index in [0.717, 1.165) is 28.1 Å². The molecule has 0 saturated heterocycles. The fourth-order valence-corrected chi connectivity index (χ4v) is 2.25. The molecule has 5 nitrogen and oxygen atoms in total. The number of benzene rings is 2. The standard InChI is InChI=1S/C17H13N5/c1-2-6-13(7-3-1)20-17-18-10-12(11-19-17)16-21-14-8-4-5-9-15(14)22-16/h1-11H,(H,21,22)(H,18,19,20). The Morgan fingerprint density at radius 2 is 1.55 bits per heavy atom. The molecule has 0 spiro atoms. The number of aromatic amines is 1. The molecule has 0 fully saturated rings. The molecule has 0 amide bonds. The summed E-state index contributed by atoms with van der Waals surface area (Å²) < 4.78 is 0. The molecule has 0 bridgehead atoms. The number of H-pyrrole nitrogens is 1. The summed E-state index contributed by atoms with van der Waals surface area (Å²) in [6.45, 7) is 0. The molecule has 2 N–H and O–H groups in total. The summed E-state index contributed by atoms with van der Waals surface area (Å²) in [5.41, 5.74) is 3.75. The van der Waals surface area contributed by atoms with E-state index in [0.29, 0.717) is 5.95 Å². The molecule has 4 aromatic rings. The molecule has 106 valence electrons. The molecule has 4 rings (SSSR count). The molecule has 2 aromatic carbocycles. The molecular formula is C17H13N5. The molecule has 0 unspecified atom stereocenters. The van der Waals surface area contributed by atoms with E-state index in [-0.39, 0.29) is 0 Å². The predicted molar refractivity (Wildman–Crippen MR) is 86.8 cm³/mol. The summed E-state index contributed by atoms with van der Waals surface area (Å²) in [6.07, 6.45) is 3.52. The van der Waals surface area contributed by atoms with Crippen LogP contribution in [0.3, 0.4) is 0 Å². The van der Waals surface area contributed by atoms with E-state index < -0.39 is 0 Å². The summed E-state index contributed by atoms with van der Waals surface area (Å²) in [4.78, 5) is 16.5. The van der Waals surface area contributed by atoms with Gasteiger partial charge in [0.25, 0.3) is 0 Å². The second kappa shape index (κ2) is 5.29. The van der Waals surface area contributed by atoms with Gasteiger partial charge in [-0.1, -0.05) is 30.3 Å². The number of nitrogens with one attached hydrogen (secondary N) is 2. The highest BCUT2D eigenvalue weighted by atomic mass is 15.1. The third-order valence-corrected chi connectivity index (χ3v) is 3.34. The zero-order valence-electron chi connectivity index (χ0n) is 11.7. The predicted octanol–water partition coefficient (Wildman–Crippen LogP) is 3.76. The minimum absolute atomic E-state index is 0.561. The summed E-state index contributed by atoms with van der Waals surface area (Å²) in [7, 11) is 0. The van der Waals surface area contributed by atoms with E-state index in [4.69, 9.17) is 0 Å². The summed E-state index contributed by atoms with van der Waals surface area (Å²) >= 11 is 0. The van der Waals surface area contributed by atoms with Gasteiger partial charge >= 0.3 is 0 Å². The van der Waals surface area contributed by atoms with Gasteiger partial charge in [0.2, 0.25) is 5.95 Å². The third kappa shape index (κ3) is 2.40. The van der Waals surface area contributed by atoms with Gasteiger partial charge in [0.05, 0.1) is 16.6 Å². The number of fused-ring (bicyclic) bond motifs is 1. The van der Waals surface area contributed by atoms with Gasteiger partial charge in [0, 0.05) is 18.1 Å². The Balaban J connectivity index is 1.61. The minimum atomic E-state index is 0.561. The van der Waals surface area contributed by atoms with Crippen molar-refractivity contribution < 1.29 is 0 Å². The highest BCUT2D eigenvalue weighted by molar-refractivity contribution is 5.78. The molecule has 0 atom stereocenters. The lowest BCUT2D eigenvalue weighted by molar-refractivity contribution is 1.15. The fraction of sp³-hybridized carbons (Fsp3) is 0. The van der Waals surface area contributed by atoms with Crippen LogP contribution in [0.25, 0.3) is 22.4 Å². The lowest BCUT2D eigenvalue weighted by Crippen LogP contribution is -1.96. The Morgan fingerprint density at radius 1 is 0.818 bits per heavy atom. The molecule has 0 aliphatic carbocycles. The minimum Gasteiger partial charge on any atom is -0.338 e. The van der Waals surface area contributed by atoms with Crippen LogP contribution in [0, 0.1) is 0 Å². The van der Waals surface area contributed by atoms with Crippen LogP contribution in [0.15, 0.2) is 67.0 Å². The number of aromatic nitrogens is 4. The van der Waals surface area contributed by atoms with Crippen LogP contribution < -0.4 is 5.32 Å². The molecule has 0 radical (unpaired) electrons. The average Bonchev–Trinajstić information content (AvgIpc) is 3.00. The molecule has 22 heavy (non-hydrogen) atoms. The maximum absolute atomic E-state index is 4.54. The number of nitrogens with zero attached hydrogens (tertiary/aromatic N) is 3. The highest BCUT2D eigenvalue weighted by Crippen LogP contribution is 2.20. The molecular weight excluding hydrogens is 274 g/mol. The van der Waals surface area contributed by atoms with Crippen molar-refractivity contribution in [2.24, 2.45) is 0 Å². The molecule has 5 heteroatoms. The second-order valence-corrected chi connectivity index (χ2v) is 4.89. The maximum Gasteiger partial charge on any atom is 0.227 e.